The fourth-order valence-electron chi connectivity index (χ4n) is 2.34. The lowest BCUT2D eigenvalue weighted by molar-refractivity contribution is 0.0241. The van der Waals surface area contributed by atoms with Crippen LogP contribution in [0.15, 0.2) is 12.1 Å². The Morgan fingerprint density at radius 2 is 2.05 bits per heavy atom. The first-order chi connectivity index (χ1) is 8.80. The number of carbonyl (C=O) groups excluding carboxylic acids is 1. The van der Waals surface area contributed by atoms with Crippen molar-refractivity contribution in [3.05, 3.63) is 34.4 Å². The van der Waals surface area contributed by atoms with Crippen LogP contribution < -0.4 is 0 Å². The van der Waals surface area contributed by atoms with Crippen molar-refractivity contribution in [2.75, 3.05) is 0 Å². The molecule has 0 spiro atoms. The first kappa shape index (κ1) is 13.9. The second kappa shape index (κ2) is 4.85. The molecule has 4 nitrogen and oxygen atoms in total. The summed E-state index contributed by atoms with van der Waals surface area (Å²) in [7, 11) is 0. The third kappa shape index (κ3) is 3.07. The highest BCUT2D eigenvalue weighted by atomic mass is 16.6. The molecule has 1 aliphatic rings. The third-order valence-electron chi connectivity index (χ3n) is 3.17. The van der Waals surface area contributed by atoms with Crippen molar-refractivity contribution >= 4 is 6.09 Å². The maximum atomic E-state index is 12.0. The molecule has 0 aromatic heterocycles. The molecule has 2 rings (SSSR count). The summed E-state index contributed by atoms with van der Waals surface area (Å²) in [5.41, 5.74) is 3.81. The number of hydrogen-bond acceptors (Lipinski definition) is 3. The zero-order chi connectivity index (χ0) is 14.2. The lowest BCUT2D eigenvalue weighted by Crippen LogP contribution is -2.33. The highest BCUT2D eigenvalue weighted by Crippen LogP contribution is 2.28. The first-order valence-electron chi connectivity index (χ1n) is 6.50. The van der Waals surface area contributed by atoms with E-state index in [1.54, 1.807) is 4.90 Å². The molecule has 0 saturated heterocycles. The lowest BCUT2D eigenvalue weighted by Gasteiger charge is -2.24. The molecule has 0 fully saturated rings. The average molecular weight is 263 g/mol. The SMILES string of the molecule is Cc1cc(CO)cc2c1CN(C(=O)OC(C)(C)C)C2. The van der Waals surface area contributed by atoms with Gasteiger partial charge in [0.15, 0.2) is 0 Å². The predicted molar refractivity (Wildman–Crippen MR) is 72.6 cm³/mol. The summed E-state index contributed by atoms with van der Waals surface area (Å²) in [6.45, 7) is 8.77. The zero-order valence-electron chi connectivity index (χ0n) is 12.0. The Kier molecular flexibility index (Phi) is 3.54. The molecular weight excluding hydrogens is 242 g/mol. The average Bonchev–Trinajstić information content (AvgIpc) is 2.71. The molecule has 1 aromatic rings. The van der Waals surface area contributed by atoms with Crippen LogP contribution in [-0.2, 0) is 24.4 Å². The van der Waals surface area contributed by atoms with Crippen LogP contribution in [0, 0.1) is 6.92 Å². The Balaban J connectivity index is 2.16. The number of ether oxygens (including phenoxy) is 1. The number of aliphatic hydroxyl groups is 1. The van der Waals surface area contributed by atoms with Gasteiger partial charge < -0.3 is 9.84 Å². The van der Waals surface area contributed by atoms with Gasteiger partial charge in [0.05, 0.1) is 6.61 Å². The number of rotatable bonds is 1. The Labute approximate surface area is 114 Å². The Hall–Kier alpha value is -1.55. The maximum absolute atomic E-state index is 12.0. The highest BCUT2D eigenvalue weighted by Gasteiger charge is 2.28. The standard InChI is InChI=1S/C15H21NO3/c1-10-5-11(9-17)6-12-7-16(8-13(10)12)14(18)19-15(2,3)4/h5-6,17H,7-9H2,1-4H3. The number of aliphatic hydroxyl groups excluding tert-OH is 1. The fourth-order valence-corrected chi connectivity index (χ4v) is 2.34. The second-order valence-electron chi connectivity index (χ2n) is 6.04. The van der Waals surface area contributed by atoms with Gasteiger partial charge in [-0.2, -0.15) is 0 Å². The minimum absolute atomic E-state index is 0.0283. The number of hydrogen-bond donors (Lipinski definition) is 1. The van der Waals surface area contributed by atoms with Crippen molar-refractivity contribution in [2.45, 2.75) is 53.0 Å². The third-order valence-corrected chi connectivity index (χ3v) is 3.17. The number of aryl methyl sites for hydroxylation is 1. The number of nitrogens with zero attached hydrogens (tertiary/aromatic N) is 1. The smallest absolute Gasteiger partial charge is 0.410 e. The van der Waals surface area contributed by atoms with Gasteiger partial charge in [-0.05, 0) is 49.9 Å². The molecule has 1 heterocycles. The van der Waals surface area contributed by atoms with Crippen LogP contribution in [0.25, 0.3) is 0 Å². The van der Waals surface area contributed by atoms with Gasteiger partial charge in [0.25, 0.3) is 0 Å². The van der Waals surface area contributed by atoms with E-state index in [4.69, 9.17) is 4.74 Å². The maximum Gasteiger partial charge on any atom is 0.410 e. The van der Waals surface area contributed by atoms with Crippen LogP contribution in [0.2, 0.25) is 0 Å². The van der Waals surface area contributed by atoms with Crippen molar-refractivity contribution in [3.8, 4) is 0 Å². The monoisotopic (exact) mass is 263 g/mol. The molecule has 0 radical (unpaired) electrons. The molecule has 0 saturated carbocycles. The van der Waals surface area contributed by atoms with E-state index in [2.05, 4.69) is 0 Å². The number of amides is 1. The van der Waals surface area contributed by atoms with Gasteiger partial charge in [0.1, 0.15) is 5.60 Å². The summed E-state index contributed by atoms with van der Waals surface area (Å²) in [6, 6.07) is 3.93. The van der Waals surface area contributed by atoms with Gasteiger partial charge in [-0.1, -0.05) is 12.1 Å². The molecule has 0 bridgehead atoms. The molecule has 1 N–H and O–H groups in total. The quantitative estimate of drug-likeness (QED) is 0.847. The molecule has 4 heteroatoms. The highest BCUT2D eigenvalue weighted by molar-refractivity contribution is 5.69. The molecule has 1 amide bonds. The van der Waals surface area contributed by atoms with Crippen LogP contribution >= 0.6 is 0 Å². The largest absolute Gasteiger partial charge is 0.444 e. The van der Waals surface area contributed by atoms with Crippen molar-refractivity contribution in [1.29, 1.82) is 0 Å². The molecule has 0 aliphatic carbocycles. The summed E-state index contributed by atoms with van der Waals surface area (Å²) in [5.74, 6) is 0. The molecule has 1 aliphatic heterocycles. The number of fused-ring (bicyclic) bond motifs is 1. The van der Waals surface area contributed by atoms with Crippen molar-refractivity contribution in [1.82, 2.24) is 4.90 Å². The van der Waals surface area contributed by atoms with Crippen LogP contribution in [0.3, 0.4) is 0 Å². The minimum atomic E-state index is -0.475. The van der Waals surface area contributed by atoms with Crippen LogP contribution in [0.1, 0.15) is 43.0 Å². The summed E-state index contributed by atoms with van der Waals surface area (Å²) < 4.78 is 5.39. The van der Waals surface area contributed by atoms with Gasteiger partial charge in [0, 0.05) is 13.1 Å². The molecule has 19 heavy (non-hydrogen) atoms. The Bertz CT molecular complexity index is 503. The summed E-state index contributed by atoms with van der Waals surface area (Å²) in [5, 5.41) is 9.22. The molecule has 0 atom stereocenters. The van der Waals surface area contributed by atoms with E-state index in [0.717, 1.165) is 16.7 Å². The Morgan fingerprint density at radius 3 is 2.63 bits per heavy atom. The molecule has 0 unspecified atom stereocenters. The fraction of sp³-hybridized carbons (Fsp3) is 0.533. The topological polar surface area (TPSA) is 49.8 Å². The summed E-state index contributed by atoms with van der Waals surface area (Å²) in [4.78, 5) is 13.7. The molecule has 1 aromatic carbocycles. The van der Waals surface area contributed by atoms with E-state index >= 15 is 0 Å². The van der Waals surface area contributed by atoms with E-state index in [9.17, 15) is 9.90 Å². The normalized spacial score (nSPS) is 14.5. The van der Waals surface area contributed by atoms with Gasteiger partial charge in [-0.15, -0.1) is 0 Å². The van der Waals surface area contributed by atoms with Crippen LogP contribution in [0.4, 0.5) is 4.79 Å². The molecule has 104 valence electrons. The van der Waals surface area contributed by atoms with Gasteiger partial charge in [0.2, 0.25) is 0 Å². The molecular formula is C15H21NO3. The number of carbonyl (C=O) groups is 1. The zero-order valence-corrected chi connectivity index (χ0v) is 12.0. The van der Waals surface area contributed by atoms with Crippen LogP contribution in [-0.4, -0.2) is 21.7 Å². The van der Waals surface area contributed by atoms with Crippen molar-refractivity contribution < 1.29 is 14.6 Å². The van der Waals surface area contributed by atoms with E-state index in [1.165, 1.54) is 5.56 Å². The second-order valence-corrected chi connectivity index (χ2v) is 6.04. The predicted octanol–water partition coefficient (Wildman–Crippen LogP) is 2.74. The Morgan fingerprint density at radius 1 is 1.37 bits per heavy atom. The van der Waals surface area contributed by atoms with Gasteiger partial charge in [-0.25, -0.2) is 4.79 Å². The van der Waals surface area contributed by atoms with E-state index in [1.807, 2.05) is 39.8 Å². The van der Waals surface area contributed by atoms with Crippen molar-refractivity contribution in [2.24, 2.45) is 0 Å². The minimum Gasteiger partial charge on any atom is -0.444 e. The van der Waals surface area contributed by atoms with Gasteiger partial charge >= 0.3 is 6.09 Å². The number of benzene rings is 1. The van der Waals surface area contributed by atoms with E-state index in [-0.39, 0.29) is 12.7 Å². The van der Waals surface area contributed by atoms with E-state index in [0.29, 0.717) is 13.1 Å². The summed E-state index contributed by atoms with van der Waals surface area (Å²) >= 11 is 0. The first-order valence-corrected chi connectivity index (χ1v) is 6.50. The summed E-state index contributed by atoms with van der Waals surface area (Å²) in [6.07, 6.45) is -0.284. The lowest BCUT2D eigenvalue weighted by atomic mass is 10.0. The van der Waals surface area contributed by atoms with E-state index < -0.39 is 5.60 Å². The van der Waals surface area contributed by atoms with Crippen LogP contribution in [0.5, 0.6) is 0 Å². The van der Waals surface area contributed by atoms with Gasteiger partial charge in [-0.3, -0.25) is 4.90 Å². The van der Waals surface area contributed by atoms with Crippen molar-refractivity contribution in [3.63, 3.8) is 0 Å².